The summed E-state index contributed by atoms with van der Waals surface area (Å²) >= 11 is 1.64. The third-order valence-electron chi connectivity index (χ3n) is 5.37. The average Bonchev–Trinajstić information content (AvgIpc) is 2.78. The van der Waals surface area contributed by atoms with Crippen molar-refractivity contribution in [3.8, 4) is 0 Å². The predicted molar refractivity (Wildman–Crippen MR) is 103 cm³/mol. The Labute approximate surface area is 157 Å². The lowest BCUT2D eigenvalue weighted by Gasteiger charge is -2.36. The quantitative estimate of drug-likeness (QED) is 0.773. The van der Waals surface area contributed by atoms with Crippen LogP contribution in [-0.4, -0.2) is 71.4 Å². The molecule has 2 bridgehead atoms. The fraction of sp³-hybridized carbons (Fsp3) is 0.526. The van der Waals surface area contributed by atoms with Gasteiger partial charge in [0.25, 0.3) is 5.91 Å². The van der Waals surface area contributed by atoms with Gasteiger partial charge in [-0.3, -0.25) is 4.79 Å². The number of piperidine rings is 1. The molecule has 2 aromatic rings. The van der Waals surface area contributed by atoms with Crippen molar-refractivity contribution in [3.63, 3.8) is 0 Å². The maximum Gasteiger partial charge on any atom is 0.319 e. The second-order valence-corrected chi connectivity index (χ2v) is 8.79. The molecule has 1 aromatic carbocycles. The number of fused-ring (bicyclic) bond motifs is 5. The van der Waals surface area contributed by atoms with Crippen LogP contribution in [0.1, 0.15) is 28.2 Å². The van der Waals surface area contributed by atoms with Gasteiger partial charge in [0.15, 0.2) is 0 Å². The molecule has 3 fully saturated rings. The molecule has 4 heterocycles. The van der Waals surface area contributed by atoms with Gasteiger partial charge in [-0.05, 0) is 43.9 Å². The van der Waals surface area contributed by atoms with E-state index >= 15 is 0 Å². The maximum atomic E-state index is 13.2. The van der Waals surface area contributed by atoms with Crippen molar-refractivity contribution < 1.29 is 9.59 Å². The zero-order valence-electron chi connectivity index (χ0n) is 15.4. The lowest BCUT2D eigenvalue weighted by atomic mass is 9.94. The number of aromatic nitrogens is 1. The van der Waals surface area contributed by atoms with Crippen molar-refractivity contribution >= 4 is 33.5 Å². The van der Waals surface area contributed by atoms with Crippen LogP contribution >= 0.6 is 11.3 Å². The summed E-state index contributed by atoms with van der Waals surface area (Å²) in [7, 11) is 3.56. The summed E-state index contributed by atoms with van der Waals surface area (Å²) in [6, 6.07) is 5.94. The Bertz CT molecular complexity index is 862. The van der Waals surface area contributed by atoms with Crippen LogP contribution in [0.25, 0.3) is 10.2 Å². The molecule has 0 aliphatic carbocycles. The molecule has 0 N–H and O–H groups in total. The highest BCUT2D eigenvalue weighted by Crippen LogP contribution is 2.30. The van der Waals surface area contributed by atoms with Gasteiger partial charge in [-0.1, -0.05) is 0 Å². The second-order valence-electron chi connectivity index (χ2n) is 7.55. The maximum absolute atomic E-state index is 13.2. The van der Waals surface area contributed by atoms with Gasteiger partial charge in [0, 0.05) is 45.3 Å². The van der Waals surface area contributed by atoms with Crippen LogP contribution in [0.2, 0.25) is 0 Å². The molecule has 0 unspecified atom stereocenters. The van der Waals surface area contributed by atoms with E-state index in [0.29, 0.717) is 18.0 Å². The fourth-order valence-electron chi connectivity index (χ4n) is 4.11. The molecule has 1 aromatic heterocycles. The van der Waals surface area contributed by atoms with Gasteiger partial charge in [-0.25, -0.2) is 9.78 Å². The molecular formula is C19H24N4O2S. The zero-order valence-corrected chi connectivity index (χ0v) is 16.3. The van der Waals surface area contributed by atoms with Crippen molar-refractivity contribution in [3.05, 3.63) is 28.8 Å². The summed E-state index contributed by atoms with van der Waals surface area (Å²) in [5.41, 5.74) is 1.59. The number of amides is 3. The number of nitrogens with zero attached hydrogens (tertiary/aromatic N) is 4. The van der Waals surface area contributed by atoms with Crippen LogP contribution in [0.5, 0.6) is 0 Å². The minimum absolute atomic E-state index is 0.0376. The Hall–Kier alpha value is -2.15. The second kappa shape index (κ2) is 6.54. The molecular weight excluding hydrogens is 348 g/mol. The number of aryl methyl sites for hydroxylation is 1. The van der Waals surface area contributed by atoms with E-state index in [9.17, 15) is 9.59 Å². The molecule has 0 spiro atoms. The number of urea groups is 1. The van der Waals surface area contributed by atoms with Gasteiger partial charge >= 0.3 is 6.03 Å². The summed E-state index contributed by atoms with van der Waals surface area (Å²) in [4.78, 5) is 35.6. The van der Waals surface area contributed by atoms with Crippen LogP contribution in [0, 0.1) is 12.8 Å². The van der Waals surface area contributed by atoms with Crippen molar-refractivity contribution in [2.75, 3.05) is 33.7 Å². The molecule has 3 amide bonds. The first-order chi connectivity index (χ1) is 12.4. The summed E-state index contributed by atoms with van der Waals surface area (Å²) < 4.78 is 1.11. The normalized spacial score (nSPS) is 22.6. The molecule has 0 radical (unpaired) electrons. The largest absolute Gasteiger partial charge is 0.334 e. The van der Waals surface area contributed by atoms with Crippen LogP contribution < -0.4 is 0 Å². The van der Waals surface area contributed by atoms with Gasteiger partial charge in [-0.2, -0.15) is 0 Å². The standard InChI is InChI=1S/C19H24N4O2S/c1-12-20-16-8-14(5-7-17(16)26-12)18(24)23-10-13-4-6-15(23)11-22(9-13)19(25)21(2)3/h5,7-8,13,15H,4,6,9-11H2,1-3H3/t13-,15+/m0/s1. The van der Waals surface area contributed by atoms with Gasteiger partial charge in [0.2, 0.25) is 0 Å². The number of carbonyl (C=O) groups excluding carboxylic acids is 2. The number of carbonyl (C=O) groups is 2. The van der Waals surface area contributed by atoms with E-state index in [1.54, 1.807) is 30.3 Å². The monoisotopic (exact) mass is 372 g/mol. The summed E-state index contributed by atoms with van der Waals surface area (Å²) in [6.45, 7) is 4.07. The topological polar surface area (TPSA) is 56.8 Å². The molecule has 3 saturated heterocycles. The summed E-state index contributed by atoms with van der Waals surface area (Å²) in [6.07, 6.45) is 2.04. The van der Waals surface area contributed by atoms with Crippen molar-refractivity contribution in [1.82, 2.24) is 19.7 Å². The van der Waals surface area contributed by atoms with Crippen LogP contribution in [0.3, 0.4) is 0 Å². The molecule has 6 nitrogen and oxygen atoms in total. The van der Waals surface area contributed by atoms with E-state index in [0.717, 1.165) is 41.2 Å². The van der Waals surface area contributed by atoms with E-state index < -0.39 is 0 Å². The van der Waals surface area contributed by atoms with E-state index in [2.05, 4.69) is 4.98 Å². The first-order valence-electron chi connectivity index (χ1n) is 9.07. The number of rotatable bonds is 1. The Balaban J connectivity index is 1.58. The molecule has 0 saturated carbocycles. The number of hydrogen-bond donors (Lipinski definition) is 0. The van der Waals surface area contributed by atoms with E-state index in [4.69, 9.17) is 0 Å². The van der Waals surface area contributed by atoms with Gasteiger partial charge in [-0.15, -0.1) is 11.3 Å². The third kappa shape index (κ3) is 3.05. The molecule has 7 heteroatoms. The highest BCUT2D eigenvalue weighted by atomic mass is 32.1. The average molecular weight is 372 g/mol. The van der Waals surface area contributed by atoms with Crippen LogP contribution in [-0.2, 0) is 0 Å². The SMILES string of the molecule is Cc1nc2cc(C(=O)N3C[C@H]4CC[C@@H]3CN(C(=O)N(C)C)C4)ccc2s1. The predicted octanol–water partition coefficient (Wildman–Crippen LogP) is 2.82. The van der Waals surface area contributed by atoms with Gasteiger partial charge in [0.1, 0.15) is 0 Å². The molecule has 2 atom stereocenters. The number of thiazole rings is 1. The zero-order chi connectivity index (χ0) is 18.4. The van der Waals surface area contributed by atoms with Gasteiger partial charge in [0.05, 0.1) is 15.2 Å². The molecule has 3 aliphatic rings. The van der Waals surface area contributed by atoms with Crippen LogP contribution in [0.4, 0.5) is 4.79 Å². The lowest BCUT2D eigenvalue weighted by molar-refractivity contribution is 0.0586. The van der Waals surface area contributed by atoms with Gasteiger partial charge < -0.3 is 14.7 Å². The van der Waals surface area contributed by atoms with E-state index in [1.165, 1.54) is 0 Å². The first-order valence-corrected chi connectivity index (χ1v) is 9.88. The van der Waals surface area contributed by atoms with E-state index in [-0.39, 0.29) is 18.0 Å². The number of benzene rings is 1. The lowest BCUT2D eigenvalue weighted by Crippen LogP contribution is -2.48. The van der Waals surface area contributed by atoms with Crippen molar-refractivity contribution in [1.29, 1.82) is 0 Å². The Morgan fingerprint density at radius 1 is 1.19 bits per heavy atom. The Morgan fingerprint density at radius 3 is 2.77 bits per heavy atom. The fourth-order valence-corrected chi connectivity index (χ4v) is 4.92. The van der Waals surface area contributed by atoms with E-state index in [1.807, 2.05) is 34.9 Å². The van der Waals surface area contributed by atoms with Crippen molar-refractivity contribution in [2.45, 2.75) is 25.8 Å². The summed E-state index contributed by atoms with van der Waals surface area (Å²) in [5, 5.41) is 1.01. The minimum atomic E-state index is 0.0376. The molecule has 26 heavy (non-hydrogen) atoms. The summed E-state index contributed by atoms with van der Waals surface area (Å²) in [5.74, 6) is 0.415. The molecule has 5 rings (SSSR count). The highest BCUT2D eigenvalue weighted by molar-refractivity contribution is 7.18. The smallest absolute Gasteiger partial charge is 0.319 e. The molecule has 138 valence electrons. The first kappa shape index (κ1) is 17.3. The molecule has 3 aliphatic heterocycles. The third-order valence-corrected chi connectivity index (χ3v) is 6.32. The number of hydrogen-bond acceptors (Lipinski definition) is 4. The Kier molecular flexibility index (Phi) is 4.34. The Morgan fingerprint density at radius 2 is 2.00 bits per heavy atom. The highest BCUT2D eigenvalue weighted by Gasteiger charge is 2.39. The minimum Gasteiger partial charge on any atom is -0.334 e. The van der Waals surface area contributed by atoms with Crippen LogP contribution in [0.15, 0.2) is 18.2 Å². The van der Waals surface area contributed by atoms with Crippen molar-refractivity contribution in [2.24, 2.45) is 5.92 Å².